The first-order valence-electron chi connectivity index (χ1n) is 6.31. The fourth-order valence-corrected chi connectivity index (χ4v) is 2.29. The number of carbonyl (C=O) groups is 1. The van der Waals surface area contributed by atoms with Crippen LogP contribution in [0, 0.1) is 0 Å². The number of amides is 1. The molecule has 1 fully saturated rings. The number of nitrogens with zero attached hydrogens (tertiary/aromatic N) is 1. The van der Waals surface area contributed by atoms with Crippen LogP contribution in [0.3, 0.4) is 0 Å². The maximum absolute atomic E-state index is 12.0. The zero-order valence-electron chi connectivity index (χ0n) is 11.0. The lowest BCUT2D eigenvalue weighted by Gasteiger charge is -2.09. The van der Waals surface area contributed by atoms with Crippen molar-refractivity contribution in [1.29, 1.82) is 0 Å². The zero-order valence-corrected chi connectivity index (χ0v) is 11.8. The fourth-order valence-electron chi connectivity index (χ4n) is 1.55. The Labute approximate surface area is 123 Å². The lowest BCUT2D eigenvalue weighted by Crippen LogP contribution is -2.27. The molecule has 0 spiro atoms. The first kappa shape index (κ1) is 15.8. The van der Waals surface area contributed by atoms with Crippen LogP contribution in [0.25, 0.3) is 0 Å². The van der Waals surface area contributed by atoms with Crippen LogP contribution < -0.4 is 16.4 Å². The largest absolute Gasteiger partial charge is 0.411 e. The quantitative estimate of drug-likeness (QED) is 0.663. The number of carbonyl (C=O) groups excluding carboxylic acids is 1. The molecular weight excluding hydrogens is 309 g/mol. The Morgan fingerprint density at radius 2 is 2.19 bits per heavy atom. The smallest absolute Gasteiger partial charge is 0.382 e. The summed E-state index contributed by atoms with van der Waals surface area (Å²) in [6, 6.07) is 0.180. The third kappa shape index (κ3) is 5.05. The first-order chi connectivity index (χ1) is 9.87. The van der Waals surface area contributed by atoms with Gasteiger partial charge < -0.3 is 21.1 Å². The molecule has 0 saturated heterocycles. The molecule has 1 aliphatic carbocycles. The number of nitrogens with two attached hydrogens (primary N) is 1. The monoisotopic (exact) mass is 324 g/mol. The summed E-state index contributed by atoms with van der Waals surface area (Å²) in [5, 5.41) is 6.04. The Morgan fingerprint density at radius 1 is 1.48 bits per heavy atom. The van der Waals surface area contributed by atoms with Crippen molar-refractivity contribution in [1.82, 2.24) is 9.69 Å². The van der Waals surface area contributed by atoms with E-state index in [0.29, 0.717) is 5.00 Å². The minimum atomic E-state index is -4.34. The third-order valence-electron chi connectivity index (χ3n) is 2.66. The second-order valence-corrected chi connectivity index (χ2v) is 5.39. The van der Waals surface area contributed by atoms with Gasteiger partial charge in [0.15, 0.2) is 5.82 Å². The molecule has 0 bridgehead atoms. The minimum Gasteiger partial charge on any atom is -0.382 e. The molecule has 1 saturated carbocycles. The van der Waals surface area contributed by atoms with Gasteiger partial charge in [-0.1, -0.05) is 0 Å². The second-order valence-electron chi connectivity index (χ2n) is 4.61. The van der Waals surface area contributed by atoms with Crippen LogP contribution in [0.2, 0.25) is 0 Å². The molecule has 0 aliphatic heterocycles. The van der Waals surface area contributed by atoms with E-state index in [1.807, 2.05) is 0 Å². The van der Waals surface area contributed by atoms with E-state index in [1.54, 1.807) is 0 Å². The van der Waals surface area contributed by atoms with Crippen LogP contribution in [0.4, 0.5) is 24.0 Å². The van der Waals surface area contributed by atoms with Gasteiger partial charge in [0.05, 0.1) is 6.61 Å². The number of nitrogens with one attached hydrogen (secondary N) is 2. The van der Waals surface area contributed by atoms with Crippen molar-refractivity contribution < 1.29 is 22.7 Å². The van der Waals surface area contributed by atoms with Crippen molar-refractivity contribution in [2.24, 2.45) is 0 Å². The van der Waals surface area contributed by atoms with E-state index < -0.39 is 12.8 Å². The minimum absolute atomic E-state index is 0.108. The Kier molecular flexibility index (Phi) is 4.88. The lowest BCUT2D eigenvalue weighted by molar-refractivity contribution is -0.172. The Morgan fingerprint density at radius 3 is 2.81 bits per heavy atom. The average Bonchev–Trinajstić information content (AvgIpc) is 3.10. The van der Waals surface area contributed by atoms with Crippen molar-refractivity contribution >= 4 is 28.3 Å². The number of rotatable bonds is 7. The number of ether oxygens (including phenoxy) is 1. The molecule has 4 N–H and O–H groups in total. The van der Waals surface area contributed by atoms with E-state index in [0.717, 1.165) is 24.4 Å². The van der Waals surface area contributed by atoms with Gasteiger partial charge in [0.1, 0.15) is 17.2 Å². The maximum Gasteiger partial charge on any atom is 0.411 e. The van der Waals surface area contributed by atoms with Crippen molar-refractivity contribution in [3.05, 3.63) is 5.56 Å². The highest BCUT2D eigenvalue weighted by atomic mass is 32.1. The van der Waals surface area contributed by atoms with E-state index in [1.165, 1.54) is 0 Å². The SMILES string of the molecule is Nc1nsc(NCCOCC(F)(F)F)c1C(=O)NC1CC1. The van der Waals surface area contributed by atoms with Crippen molar-refractivity contribution in [2.75, 3.05) is 30.8 Å². The molecule has 0 unspecified atom stereocenters. The standard InChI is InChI=1S/C11H15F3N4O2S/c12-11(13,14)5-20-4-3-16-10-7(8(15)18-21-10)9(19)17-6-1-2-6/h6,16H,1-5H2,(H2,15,18)(H,17,19). The van der Waals surface area contributed by atoms with Gasteiger partial charge in [0, 0.05) is 12.6 Å². The maximum atomic E-state index is 12.0. The van der Waals surface area contributed by atoms with Gasteiger partial charge in [-0.05, 0) is 24.4 Å². The van der Waals surface area contributed by atoms with Crippen LogP contribution in [-0.4, -0.2) is 42.3 Å². The molecule has 1 aromatic heterocycles. The molecule has 0 radical (unpaired) electrons. The highest BCUT2D eigenvalue weighted by Crippen LogP contribution is 2.28. The number of alkyl halides is 3. The van der Waals surface area contributed by atoms with Crippen LogP contribution in [0.5, 0.6) is 0 Å². The lowest BCUT2D eigenvalue weighted by atomic mass is 10.3. The summed E-state index contributed by atoms with van der Waals surface area (Å²) in [4.78, 5) is 12.0. The van der Waals surface area contributed by atoms with E-state index >= 15 is 0 Å². The Bertz CT molecular complexity index is 502. The van der Waals surface area contributed by atoms with E-state index in [2.05, 4.69) is 19.7 Å². The number of hydrogen-bond acceptors (Lipinski definition) is 6. The van der Waals surface area contributed by atoms with Crippen LogP contribution in [0.1, 0.15) is 23.2 Å². The van der Waals surface area contributed by atoms with Crippen LogP contribution >= 0.6 is 11.5 Å². The number of nitrogen functional groups attached to an aromatic ring is 1. The molecule has 6 nitrogen and oxygen atoms in total. The predicted molar refractivity (Wildman–Crippen MR) is 72.4 cm³/mol. The summed E-state index contributed by atoms with van der Waals surface area (Å²) in [7, 11) is 0. The number of aromatic nitrogens is 1. The van der Waals surface area contributed by atoms with Gasteiger partial charge in [-0.15, -0.1) is 0 Å². The third-order valence-corrected chi connectivity index (χ3v) is 3.47. The number of anilines is 2. The molecule has 1 aliphatic rings. The van der Waals surface area contributed by atoms with E-state index in [4.69, 9.17) is 5.73 Å². The molecule has 2 rings (SSSR count). The van der Waals surface area contributed by atoms with Gasteiger partial charge in [-0.2, -0.15) is 17.5 Å². The van der Waals surface area contributed by atoms with Gasteiger partial charge in [-0.3, -0.25) is 4.79 Å². The van der Waals surface area contributed by atoms with Gasteiger partial charge >= 0.3 is 6.18 Å². The normalized spacial score (nSPS) is 15.0. The zero-order chi connectivity index (χ0) is 15.5. The van der Waals surface area contributed by atoms with Gasteiger partial charge in [0.25, 0.3) is 5.91 Å². The summed E-state index contributed by atoms with van der Waals surface area (Å²) in [5.41, 5.74) is 5.88. The van der Waals surface area contributed by atoms with Gasteiger partial charge in [0.2, 0.25) is 0 Å². The summed E-state index contributed by atoms with van der Waals surface area (Å²) in [5.74, 6) is -0.209. The summed E-state index contributed by atoms with van der Waals surface area (Å²) in [6.07, 6.45) is -2.46. The Hall–Kier alpha value is -1.55. The van der Waals surface area contributed by atoms with Crippen molar-refractivity contribution in [3.8, 4) is 0 Å². The van der Waals surface area contributed by atoms with Crippen molar-refractivity contribution in [2.45, 2.75) is 25.1 Å². The fraction of sp³-hybridized carbons (Fsp3) is 0.636. The highest BCUT2D eigenvalue weighted by Gasteiger charge is 2.28. The number of halogens is 3. The molecule has 21 heavy (non-hydrogen) atoms. The molecule has 10 heteroatoms. The summed E-state index contributed by atoms with van der Waals surface area (Å²) >= 11 is 0.991. The topological polar surface area (TPSA) is 89.3 Å². The van der Waals surface area contributed by atoms with Crippen LogP contribution in [0.15, 0.2) is 0 Å². The Balaban J connectivity index is 1.81. The average molecular weight is 324 g/mol. The first-order valence-corrected chi connectivity index (χ1v) is 7.08. The molecule has 1 aromatic rings. The van der Waals surface area contributed by atoms with Gasteiger partial charge in [-0.25, -0.2) is 0 Å². The molecule has 0 aromatic carbocycles. The van der Waals surface area contributed by atoms with Crippen LogP contribution in [-0.2, 0) is 4.74 Å². The highest BCUT2D eigenvalue weighted by molar-refractivity contribution is 7.11. The van der Waals surface area contributed by atoms with E-state index in [-0.39, 0.29) is 36.5 Å². The molecular formula is C11H15F3N4O2S. The number of hydrogen-bond donors (Lipinski definition) is 3. The van der Waals surface area contributed by atoms with E-state index in [9.17, 15) is 18.0 Å². The summed E-state index contributed by atoms with van der Waals surface area (Å²) in [6.45, 7) is -1.31. The molecule has 118 valence electrons. The second kappa shape index (κ2) is 6.48. The molecule has 1 amide bonds. The summed E-state index contributed by atoms with van der Waals surface area (Å²) < 4.78 is 44.0. The molecule has 0 atom stereocenters. The van der Waals surface area contributed by atoms with Crippen molar-refractivity contribution in [3.63, 3.8) is 0 Å². The molecule has 1 heterocycles. The predicted octanol–water partition coefficient (Wildman–Crippen LogP) is 1.61.